The van der Waals surface area contributed by atoms with Gasteiger partial charge in [0.2, 0.25) is 65.0 Å². The molecule has 34 heteroatoms. The molecule has 1 aliphatic heterocycles. The number of primary amides is 2. The summed E-state index contributed by atoms with van der Waals surface area (Å²) in [6.45, 7) is 7.70. The lowest BCUT2D eigenvalue weighted by Gasteiger charge is -2.32. The molecule has 83 heavy (non-hydrogen) atoms. The second kappa shape index (κ2) is 36.2. The number of carboxylic acid groups (broad SMARTS) is 3. The summed E-state index contributed by atoms with van der Waals surface area (Å²) in [5.74, 6) is -18.0. The number of carboxylic acids is 3. The minimum Gasteiger partial charge on any atom is -0.481 e. The van der Waals surface area contributed by atoms with Crippen molar-refractivity contribution < 1.29 is 87.5 Å². The number of aliphatic carboxylic acids is 3. The van der Waals surface area contributed by atoms with Crippen LogP contribution in [0.3, 0.4) is 0 Å². The smallest absolute Gasteiger partial charge is 0.326 e. The van der Waals surface area contributed by atoms with E-state index in [1.54, 1.807) is 27.7 Å². The van der Waals surface area contributed by atoms with Gasteiger partial charge < -0.3 is 102 Å². The zero-order valence-electron chi connectivity index (χ0n) is 47.2. The van der Waals surface area contributed by atoms with E-state index in [0.29, 0.717) is 19.4 Å². The van der Waals surface area contributed by atoms with Crippen LogP contribution in [-0.2, 0) is 67.1 Å². The molecule has 1 fully saturated rings. The number of aliphatic hydroxyl groups is 1. The lowest BCUT2D eigenvalue weighted by atomic mass is 10.0. The Bertz CT molecular complexity index is 2340. The summed E-state index contributed by atoms with van der Waals surface area (Å²) in [7, 11) is 0. The first-order valence-corrected chi connectivity index (χ1v) is 26.9. The predicted octanol–water partition coefficient (Wildman–Crippen LogP) is -7.17. The molecule has 11 amide bonds. The number of carbonyl (C=O) groups excluding carboxylic acids is 11. The number of nitrogens with zero attached hydrogens (tertiary/aromatic N) is 1. The number of guanidine groups is 1. The standard InChI is InChI=1S/C49H84N16O18/c1-22(2)18-28(41(75)57-26(11-8-16-56-49(54)55)40(74)64-38(24(5)66)46(80)62-31(21-36(71)72)42(76)58-27(48(82)83)13-14-33(52)67)60-43(77)30(20-35(69)70)61-45(79)32-12-9-17-65(32)47(81)37(23(3)4)63-44(78)29(19-34(53)68)59-39(73)25(51)10-6-7-15-50/h22-32,37-38,66H,6-21,50-51H2,1-5H3,(H2,52,67)(H2,53,68)(H,57,75)(H,58,76)(H,59,73)(H,60,77)(H,61,79)(H,62,80)(H,63,78)(H,64,74)(H,69,70)(H,71,72)(H,82,83)(H4,54,55,56)/t24-,25+,26+,27+,28+,29+,30+,31+,32+,37+,38+/m1/s1. The molecule has 0 unspecified atom stereocenters. The molecule has 11 atom stereocenters. The van der Waals surface area contributed by atoms with Gasteiger partial charge in [-0.05, 0) is 76.7 Å². The lowest BCUT2D eigenvalue weighted by molar-refractivity contribution is -0.145. The van der Waals surface area contributed by atoms with Crippen molar-refractivity contribution in [2.75, 3.05) is 19.6 Å². The molecule has 0 aromatic rings. The molecule has 0 spiro atoms. The minimum atomic E-state index is -2.02. The highest BCUT2D eigenvalue weighted by Gasteiger charge is 2.42. The molecule has 34 nitrogen and oxygen atoms in total. The molecule has 1 aliphatic rings. The normalized spacial score (nSPS) is 16.6. The third-order valence-corrected chi connectivity index (χ3v) is 12.8. The van der Waals surface area contributed by atoms with E-state index < -0.39 is 199 Å². The zero-order chi connectivity index (χ0) is 63.4. The fraction of sp³-hybridized carbons (Fsp3) is 0.694. The number of amides is 11. The van der Waals surface area contributed by atoms with E-state index in [4.69, 9.17) is 34.1 Å². The van der Waals surface area contributed by atoms with E-state index in [0.717, 1.165) is 11.8 Å². The first-order chi connectivity index (χ1) is 38.7. The molecule has 0 aliphatic carbocycles. The SMILES string of the molecule is CC(C)C[C@H](NC(=O)[C@H](CC(=O)O)NC(=O)[C@@H]1CCCN1C(=O)[C@@H](NC(=O)[C@H](CC(N)=O)NC(=O)[C@@H](N)CCCCN)C(C)C)C(=O)N[C@@H](CCCNC(=N)N)C(=O)N[C@H](C(=O)N[C@@H](CC(=O)O)C(=O)N[C@@H](CCC(N)=O)C(=O)O)[C@@H](C)O. The van der Waals surface area contributed by atoms with Crippen molar-refractivity contribution >= 4 is 88.8 Å². The Morgan fingerprint density at radius 2 is 1.06 bits per heavy atom. The van der Waals surface area contributed by atoms with Gasteiger partial charge in [0.1, 0.15) is 54.4 Å². The Labute approximate surface area is 478 Å². The summed E-state index contributed by atoms with van der Waals surface area (Å²) >= 11 is 0. The Balaban J connectivity index is 3.49. The second-order valence-electron chi connectivity index (χ2n) is 20.7. The number of carbonyl (C=O) groups is 14. The van der Waals surface area contributed by atoms with Gasteiger partial charge in [0, 0.05) is 19.5 Å². The molecule has 24 N–H and O–H groups in total. The largest absolute Gasteiger partial charge is 0.481 e. The van der Waals surface area contributed by atoms with Crippen molar-refractivity contribution in [3.63, 3.8) is 0 Å². The van der Waals surface area contributed by atoms with Crippen LogP contribution >= 0.6 is 0 Å². The monoisotopic (exact) mass is 1180 g/mol. The van der Waals surface area contributed by atoms with E-state index in [9.17, 15) is 87.5 Å². The Kier molecular flexibility index (Phi) is 31.8. The van der Waals surface area contributed by atoms with E-state index in [-0.39, 0.29) is 51.6 Å². The van der Waals surface area contributed by atoms with Gasteiger partial charge in [0.25, 0.3) is 0 Å². The van der Waals surface area contributed by atoms with Crippen molar-refractivity contribution in [3.8, 4) is 0 Å². The van der Waals surface area contributed by atoms with Gasteiger partial charge >= 0.3 is 17.9 Å². The highest BCUT2D eigenvalue weighted by atomic mass is 16.4. The predicted molar refractivity (Wildman–Crippen MR) is 291 cm³/mol. The maximum absolute atomic E-state index is 14.2. The molecular weight excluding hydrogens is 1100 g/mol. The topological polar surface area (TPSA) is 585 Å². The van der Waals surface area contributed by atoms with Gasteiger partial charge in [0.15, 0.2) is 5.96 Å². The zero-order valence-corrected chi connectivity index (χ0v) is 47.2. The average molecular weight is 1190 g/mol. The van der Waals surface area contributed by atoms with E-state index >= 15 is 0 Å². The van der Waals surface area contributed by atoms with Crippen LogP contribution in [0, 0.1) is 17.2 Å². The van der Waals surface area contributed by atoms with Crippen LogP contribution in [0.25, 0.3) is 0 Å². The number of aliphatic hydroxyl groups excluding tert-OH is 1. The molecule has 1 heterocycles. The second-order valence-corrected chi connectivity index (χ2v) is 20.7. The van der Waals surface area contributed by atoms with E-state index in [2.05, 4.69) is 37.2 Å². The highest BCUT2D eigenvalue weighted by Crippen LogP contribution is 2.21. The van der Waals surface area contributed by atoms with Gasteiger partial charge in [-0.2, -0.15) is 0 Å². The minimum absolute atomic E-state index is 0.00658. The molecule has 1 rings (SSSR count). The molecule has 0 saturated carbocycles. The summed E-state index contributed by atoms with van der Waals surface area (Å²) in [4.78, 5) is 184. The van der Waals surface area contributed by atoms with Crippen LogP contribution in [-0.4, -0.2) is 200 Å². The first kappa shape index (κ1) is 72.7. The molecule has 0 aromatic heterocycles. The number of nitrogens with one attached hydrogen (secondary N) is 10. The number of hydrogen-bond acceptors (Lipinski definition) is 18. The Morgan fingerprint density at radius 3 is 1.57 bits per heavy atom. The Morgan fingerprint density at radius 1 is 0.566 bits per heavy atom. The fourth-order valence-electron chi connectivity index (χ4n) is 8.40. The van der Waals surface area contributed by atoms with Crippen LogP contribution in [0.4, 0.5) is 0 Å². The van der Waals surface area contributed by atoms with Crippen LogP contribution in [0.15, 0.2) is 0 Å². The van der Waals surface area contributed by atoms with Gasteiger partial charge in [-0.15, -0.1) is 0 Å². The van der Waals surface area contributed by atoms with Gasteiger partial charge in [-0.1, -0.05) is 34.1 Å². The summed E-state index contributed by atoms with van der Waals surface area (Å²) < 4.78 is 0. The molecule has 1 saturated heterocycles. The molecule has 0 aromatic carbocycles. The van der Waals surface area contributed by atoms with Crippen molar-refractivity contribution in [2.45, 2.75) is 185 Å². The quantitative estimate of drug-likeness (QED) is 0.0154. The molecular formula is C49H84N16O18. The molecule has 0 bridgehead atoms. The fourth-order valence-corrected chi connectivity index (χ4v) is 8.40. The van der Waals surface area contributed by atoms with Crippen LogP contribution in [0.2, 0.25) is 0 Å². The van der Waals surface area contributed by atoms with E-state index in [1.807, 2.05) is 10.6 Å². The number of likely N-dealkylation sites (tertiary alicyclic amines) is 1. The van der Waals surface area contributed by atoms with Crippen LogP contribution < -0.4 is 76.5 Å². The van der Waals surface area contributed by atoms with Gasteiger partial charge in [-0.25, -0.2) is 4.79 Å². The van der Waals surface area contributed by atoms with Crippen LogP contribution in [0.1, 0.15) is 118 Å². The number of nitrogens with two attached hydrogens (primary N) is 5. The molecule has 468 valence electrons. The number of unbranched alkanes of at least 4 members (excludes halogenated alkanes) is 1. The lowest BCUT2D eigenvalue weighted by Crippen LogP contribution is -2.62. The summed E-state index contributed by atoms with van der Waals surface area (Å²) in [5.41, 5.74) is 27.3. The van der Waals surface area contributed by atoms with Gasteiger partial charge in [-0.3, -0.25) is 67.7 Å². The summed E-state index contributed by atoms with van der Waals surface area (Å²) in [5, 5.41) is 67.9. The summed E-state index contributed by atoms with van der Waals surface area (Å²) in [6.07, 6.45) is -4.65. The van der Waals surface area contributed by atoms with Crippen molar-refractivity contribution in [2.24, 2.45) is 40.5 Å². The summed E-state index contributed by atoms with van der Waals surface area (Å²) in [6, 6.07) is -16.2. The highest BCUT2D eigenvalue weighted by molar-refractivity contribution is 6.00. The maximum atomic E-state index is 14.2. The molecule has 0 radical (unpaired) electrons. The number of rotatable bonds is 39. The van der Waals surface area contributed by atoms with E-state index in [1.165, 1.54) is 0 Å². The van der Waals surface area contributed by atoms with Crippen LogP contribution in [0.5, 0.6) is 0 Å². The first-order valence-electron chi connectivity index (χ1n) is 26.9. The van der Waals surface area contributed by atoms with Gasteiger partial charge in [0.05, 0.1) is 31.4 Å². The van der Waals surface area contributed by atoms with Crippen molar-refractivity contribution in [3.05, 3.63) is 0 Å². The Hall–Kier alpha value is -8.27. The average Bonchev–Trinajstić information content (AvgIpc) is 4.11. The third kappa shape index (κ3) is 26.9. The number of hydrogen-bond donors (Lipinski definition) is 19. The van der Waals surface area contributed by atoms with Crippen molar-refractivity contribution in [1.29, 1.82) is 5.41 Å². The third-order valence-electron chi connectivity index (χ3n) is 12.8. The maximum Gasteiger partial charge on any atom is 0.326 e. The van der Waals surface area contributed by atoms with Crippen molar-refractivity contribution in [1.82, 2.24) is 52.8 Å².